The predicted octanol–water partition coefficient (Wildman–Crippen LogP) is 1.72. The van der Waals surface area contributed by atoms with E-state index >= 15 is 0 Å². The third-order valence-corrected chi connectivity index (χ3v) is 2.56. The zero-order valence-corrected chi connectivity index (χ0v) is 9.62. The normalized spacial score (nSPS) is 11.1. The van der Waals surface area contributed by atoms with Gasteiger partial charge < -0.3 is 9.73 Å². The molecule has 4 heteroatoms. The van der Waals surface area contributed by atoms with Crippen LogP contribution in [0.15, 0.2) is 27.4 Å². The summed E-state index contributed by atoms with van der Waals surface area (Å²) in [6.07, 6.45) is 0.923. The Kier molecular flexibility index (Phi) is 3.10. The van der Waals surface area contributed by atoms with E-state index in [0.29, 0.717) is 12.1 Å². The highest BCUT2D eigenvalue weighted by molar-refractivity contribution is 5.73. The number of nitrogens with one attached hydrogen (secondary N) is 1. The number of hydrogen-bond acceptors (Lipinski definition) is 3. The van der Waals surface area contributed by atoms with Crippen molar-refractivity contribution in [2.75, 3.05) is 7.05 Å². The van der Waals surface area contributed by atoms with Crippen LogP contribution in [0.5, 0.6) is 0 Å². The van der Waals surface area contributed by atoms with E-state index in [1.807, 2.05) is 32.2 Å². The Balaban J connectivity index is 2.52. The summed E-state index contributed by atoms with van der Waals surface area (Å²) in [5.74, 6) is -0.265. The highest BCUT2D eigenvalue weighted by atomic mass is 16.4. The van der Waals surface area contributed by atoms with Gasteiger partial charge in [-0.1, -0.05) is 13.0 Å². The van der Waals surface area contributed by atoms with Crippen LogP contribution in [0.1, 0.15) is 18.9 Å². The molecule has 0 atom stereocenters. The fraction of sp³-hybridized carbons (Fsp3) is 0.417. The van der Waals surface area contributed by atoms with Crippen LogP contribution in [0, 0.1) is 0 Å². The van der Waals surface area contributed by atoms with Gasteiger partial charge >= 0.3 is 5.76 Å². The maximum Gasteiger partial charge on any atom is 0.419 e. The van der Waals surface area contributed by atoms with Crippen molar-refractivity contribution in [2.45, 2.75) is 26.4 Å². The van der Waals surface area contributed by atoms with E-state index in [1.165, 1.54) is 0 Å². The average molecular weight is 220 g/mol. The highest BCUT2D eigenvalue weighted by Gasteiger charge is 2.08. The van der Waals surface area contributed by atoms with Gasteiger partial charge in [0.15, 0.2) is 5.58 Å². The summed E-state index contributed by atoms with van der Waals surface area (Å²) in [5, 5.41) is 3.07. The molecule has 1 N–H and O–H groups in total. The Labute approximate surface area is 93.9 Å². The summed E-state index contributed by atoms with van der Waals surface area (Å²) < 4.78 is 6.90. The minimum absolute atomic E-state index is 0.265. The van der Waals surface area contributed by atoms with Crippen LogP contribution in [-0.4, -0.2) is 11.6 Å². The van der Waals surface area contributed by atoms with Crippen molar-refractivity contribution in [2.24, 2.45) is 0 Å². The Morgan fingerprint density at radius 3 is 2.94 bits per heavy atom. The molecule has 1 heterocycles. The molecule has 16 heavy (non-hydrogen) atoms. The van der Waals surface area contributed by atoms with Gasteiger partial charge in [-0.25, -0.2) is 4.79 Å². The third-order valence-electron chi connectivity index (χ3n) is 2.56. The van der Waals surface area contributed by atoms with Gasteiger partial charge in [0.2, 0.25) is 0 Å². The maximum atomic E-state index is 11.6. The van der Waals surface area contributed by atoms with E-state index in [2.05, 4.69) is 5.32 Å². The van der Waals surface area contributed by atoms with Crippen LogP contribution in [-0.2, 0) is 13.1 Å². The molecule has 0 aliphatic rings. The van der Waals surface area contributed by atoms with E-state index < -0.39 is 0 Å². The average Bonchev–Trinajstić information content (AvgIpc) is 2.56. The zero-order chi connectivity index (χ0) is 11.5. The lowest BCUT2D eigenvalue weighted by Gasteiger charge is -2.01. The van der Waals surface area contributed by atoms with Crippen LogP contribution in [0.4, 0.5) is 0 Å². The molecule has 0 aliphatic carbocycles. The van der Waals surface area contributed by atoms with E-state index in [0.717, 1.165) is 24.0 Å². The molecule has 0 amide bonds. The number of aromatic nitrogens is 1. The van der Waals surface area contributed by atoms with Gasteiger partial charge in [-0.05, 0) is 31.2 Å². The Hall–Kier alpha value is -1.55. The zero-order valence-electron chi connectivity index (χ0n) is 9.62. The number of oxazole rings is 1. The first-order chi connectivity index (χ1) is 7.76. The fourth-order valence-corrected chi connectivity index (χ4v) is 1.86. The molecule has 86 valence electrons. The lowest BCUT2D eigenvalue weighted by Crippen LogP contribution is -2.13. The molecule has 0 saturated heterocycles. The van der Waals surface area contributed by atoms with E-state index in [9.17, 15) is 4.79 Å². The first-order valence-corrected chi connectivity index (χ1v) is 5.53. The van der Waals surface area contributed by atoms with Crippen molar-refractivity contribution < 1.29 is 4.42 Å². The van der Waals surface area contributed by atoms with Crippen molar-refractivity contribution in [3.63, 3.8) is 0 Å². The number of nitrogens with zero attached hydrogens (tertiary/aromatic N) is 1. The SMILES string of the molecule is CCCn1c(=O)oc2cc(CNC)ccc21. The molecule has 0 aliphatic heterocycles. The van der Waals surface area contributed by atoms with Gasteiger partial charge in [-0.2, -0.15) is 0 Å². The Bertz CT molecular complexity index is 539. The number of rotatable bonds is 4. The first kappa shape index (κ1) is 11.0. The fourth-order valence-electron chi connectivity index (χ4n) is 1.86. The molecule has 0 saturated carbocycles. The molecule has 2 aromatic rings. The van der Waals surface area contributed by atoms with Gasteiger partial charge in [0.25, 0.3) is 0 Å². The van der Waals surface area contributed by atoms with Gasteiger partial charge in [0.1, 0.15) is 0 Å². The van der Waals surface area contributed by atoms with Crippen LogP contribution >= 0.6 is 0 Å². The monoisotopic (exact) mass is 220 g/mol. The van der Waals surface area contributed by atoms with Crippen LogP contribution in [0.25, 0.3) is 11.1 Å². The molecule has 0 unspecified atom stereocenters. The summed E-state index contributed by atoms with van der Waals surface area (Å²) in [5.41, 5.74) is 2.67. The minimum atomic E-state index is -0.265. The standard InChI is InChI=1S/C12H16N2O2/c1-3-6-14-10-5-4-9(8-13-2)7-11(10)16-12(14)15/h4-5,7,13H,3,6,8H2,1-2H3. The Morgan fingerprint density at radius 2 is 2.25 bits per heavy atom. The second-order valence-electron chi connectivity index (χ2n) is 3.85. The van der Waals surface area contributed by atoms with Crippen LogP contribution in [0.2, 0.25) is 0 Å². The third kappa shape index (κ3) is 1.88. The predicted molar refractivity (Wildman–Crippen MR) is 63.5 cm³/mol. The van der Waals surface area contributed by atoms with Crippen molar-refractivity contribution in [3.8, 4) is 0 Å². The Morgan fingerprint density at radius 1 is 1.44 bits per heavy atom. The smallest absolute Gasteiger partial charge is 0.408 e. The van der Waals surface area contributed by atoms with Gasteiger partial charge in [0, 0.05) is 13.1 Å². The highest BCUT2D eigenvalue weighted by Crippen LogP contribution is 2.15. The summed E-state index contributed by atoms with van der Waals surface area (Å²) in [7, 11) is 1.89. The van der Waals surface area contributed by atoms with Gasteiger partial charge in [-0.15, -0.1) is 0 Å². The lowest BCUT2D eigenvalue weighted by atomic mass is 10.2. The molecule has 1 aromatic carbocycles. The summed E-state index contributed by atoms with van der Waals surface area (Å²) in [6.45, 7) is 3.52. The summed E-state index contributed by atoms with van der Waals surface area (Å²) >= 11 is 0. The van der Waals surface area contributed by atoms with Crippen molar-refractivity contribution in [3.05, 3.63) is 34.3 Å². The molecule has 0 radical (unpaired) electrons. The maximum absolute atomic E-state index is 11.6. The van der Waals surface area contributed by atoms with E-state index in [-0.39, 0.29) is 5.76 Å². The summed E-state index contributed by atoms with van der Waals surface area (Å²) in [4.78, 5) is 11.6. The van der Waals surface area contributed by atoms with E-state index in [1.54, 1.807) is 4.57 Å². The van der Waals surface area contributed by atoms with Crippen LogP contribution in [0.3, 0.4) is 0 Å². The molecule has 0 fully saturated rings. The number of fused-ring (bicyclic) bond motifs is 1. The van der Waals surface area contributed by atoms with Crippen LogP contribution < -0.4 is 11.1 Å². The van der Waals surface area contributed by atoms with Crippen molar-refractivity contribution in [1.82, 2.24) is 9.88 Å². The van der Waals surface area contributed by atoms with Gasteiger partial charge in [-0.3, -0.25) is 4.57 Å². The molecule has 4 nitrogen and oxygen atoms in total. The molecule has 1 aromatic heterocycles. The second-order valence-corrected chi connectivity index (χ2v) is 3.85. The molecular formula is C12H16N2O2. The lowest BCUT2D eigenvalue weighted by molar-refractivity contribution is 0.502. The molecule has 0 spiro atoms. The second kappa shape index (κ2) is 4.53. The van der Waals surface area contributed by atoms with Crippen molar-refractivity contribution in [1.29, 1.82) is 0 Å². The largest absolute Gasteiger partial charge is 0.419 e. The topological polar surface area (TPSA) is 47.2 Å². The molecule has 0 bridgehead atoms. The quantitative estimate of drug-likeness (QED) is 0.853. The number of hydrogen-bond donors (Lipinski definition) is 1. The minimum Gasteiger partial charge on any atom is -0.408 e. The number of aryl methyl sites for hydroxylation is 1. The first-order valence-electron chi connectivity index (χ1n) is 5.53. The van der Waals surface area contributed by atoms with Crippen molar-refractivity contribution >= 4 is 11.1 Å². The molecular weight excluding hydrogens is 204 g/mol. The van der Waals surface area contributed by atoms with E-state index in [4.69, 9.17) is 4.42 Å². The number of benzene rings is 1. The van der Waals surface area contributed by atoms with Gasteiger partial charge in [0.05, 0.1) is 5.52 Å². The summed E-state index contributed by atoms with van der Waals surface area (Å²) in [6, 6.07) is 5.88. The molecule has 2 rings (SSSR count).